The van der Waals surface area contributed by atoms with Crippen LogP contribution in [0.2, 0.25) is 0 Å². The Morgan fingerprint density at radius 3 is 2.49 bits per heavy atom. The lowest BCUT2D eigenvalue weighted by atomic mass is 9.70. The van der Waals surface area contributed by atoms with Crippen LogP contribution in [0.1, 0.15) is 54.4 Å². The van der Waals surface area contributed by atoms with Crippen molar-refractivity contribution >= 4 is 39.6 Å². The molecule has 5 aromatic rings. The molecule has 0 radical (unpaired) electrons. The quantitative estimate of drug-likeness (QED) is 0.214. The zero-order valence-corrected chi connectivity index (χ0v) is 27.8. The van der Waals surface area contributed by atoms with Crippen molar-refractivity contribution in [2.75, 3.05) is 16.4 Å². The van der Waals surface area contributed by atoms with Crippen LogP contribution in [-0.4, -0.2) is 55.3 Å². The number of anilines is 3. The van der Waals surface area contributed by atoms with Crippen molar-refractivity contribution in [2.24, 2.45) is 11.8 Å². The lowest BCUT2D eigenvalue weighted by Crippen LogP contribution is -2.46. The van der Waals surface area contributed by atoms with Gasteiger partial charge >= 0.3 is 0 Å². The lowest BCUT2D eigenvalue weighted by Gasteiger charge is -2.34. The summed E-state index contributed by atoms with van der Waals surface area (Å²) in [6, 6.07) is 27.3. The number of rotatable bonds is 9. The topological polar surface area (TPSA) is 121 Å². The summed E-state index contributed by atoms with van der Waals surface area (Å²) in [5.41, 5.74) is 2.62. The van der Waals surface area contributed by atoms with Crippen LogP contribution in [0, 0.1) is 11.8 Å². The van der Waals surface area contributed by atoms with Gasteiger partial charge in [-0.2, -0.15) is 0 Å². The van der Waals surface area contributed by atoms with Crippen LogP contribution in [0.3, 0.4) is 0 Å². The molecule has 0 unspecified atom stereocenters. The molecule has 1 spiro atoms. The normalized spacial score (nSPS) is 23.0. The summed E-state index contributed by atoms with van der Waals surface area (Å²) < 4.78 is 8.77. The van der Waals surface area contributed by atoms with Crippen molar-refractivity contribution < 1.29 is 24.5 Å². The van der Waals surface area contributed by atoms with E-state index in [4.69, 9.17) is 4.74 Å². The molecule has 0 saturated carbocycles. The number of carbonyl (C=O) groups excluding carboxylic acids is 2. The second kappa shape index (κ2) is 11.6. The summed E-state index contributed by atoms with van der Waals surface area (Å²) in [5.74, 6) is -1.13. The van der Waals surface area contributed by atoms with Gasteiger partial charge < -0.3 is 19.8 Å². The van der Waals surface area contributed by atoms with Gasteiger partial charge in [0.1, 0.15) is 0 Å². The van der Waals surface area contributed by atoms with Gasteiger partial charge in [0.05, 0.1) is 40.9 Å². The largest absolute Gasteiger partial charge is 0.396 e. The predicted octanol–water partition coefficient (Wildman–Crippen LogP) is 5.51. The summed E-state index contributed by atoms with van der Waals surface area (Å²) in [6.45, 7) is 6.34. The molecule has 3 aliphatic heterocycles. The zero-order chi connectivity index (χ0) is 34.1. The van der Waals surface area contributed by atoms with Crippen LogP contribution >= 0.6 is 0 Å². The highest BCUT2D eigenvalue weighted by molar-refractivity contribution is 6.28. The molecule has 1 saturated heterocycles. The number of aliphatic hydroxyl groups excluding tert-OH is 1. The van der Waals surface area contributed by atoms with Crippen LogP contribution in [0.5, 0.6) is 0 Å². The van der Waals surface area contributed by atoms with Gasteiger partial charge in [-0.25, -0.2) is 0 Å². The summed E-state index contributed by atoms with van der Waals surface area (Å²) in [5, 5.41) is 31.2. The van der Waals surface area contributed by atoms with E-state index in [0.29, 0.717) is 48.4 Å². The first-order valence-electron chi connectivity index (χ1n) is 16.9. The number of hydrogen-bond donors (Lipinski definition) is 2. The molecule has 8 rings (SSSR count). The van der Waals surface area contributed by atoms with E-state index in [1.807, 2.05) is 91.9 Å². The Kier molecular flexibility index (Phi) is 7.44. The third-order valence-electron chi connectivity index (χ3n) is 10.6. The molecule has 0 aliphatic carbocycles. The number of aliphatic hydroxyl groups is 2. The number of ether oxygens (including phenoxy) is 1. The number of hydrogen-bond acceptors (Lipinski definition) is 7. The van der Waals surface area contributed by atoms with Gasteiger partial charge in [-0.15, -0.1) is 5.10 Å². The van der Waals surface area contributed by atoms with Gasteiger partial charge in [0.2, 0.25) is 0 Å². The third-order valence-corrected chi connectivity index (χ3v) is 10.6. The fraction of sp³-hybridized carbons (Fsp3) is 0.333. The summed E-state index contributed by atoms with van der Waals surface area (Å²) in [6.07, 6.45) is 2.20. The van der Waals surface area contributed by atoms with Gasteiger partial charge in [-0.1, -0.05) is 66.7 Å². The maximum Gasteiger partial charge on any atom is 0.264 e. The maximum absolute atomic E-state index is 15.0. The van der Waals surface area contributed by atoms with E-state index >= 15 is 0 Å². The van der Waals surface area contributed by atoms with Crippen molar-refractivity contribution in [3.05, 3.63) is 114 Å². The number of aromatic nitrogens is 3. The molecule has 250 valence electrons. The van der Waals surface area contributed by atoms with Crippen LogP contribution < -0.4 is 9.80 Å². The minimum atomic E-state index is -1.40. The molecular weight excluding hydrogens is 618 g/mol. The fourth-order valence-corrected chi connectivity index (χ4v) is 8.51. The Balaban J connectivity index is 1.23. The average molecular weight is 658 g/mol. The van der Waals surface area contributed by atoms with Crippen molar-refractivity contribution in [1.29, 1.82) is 0 Å². The van der Waals surface area contributed by atoms with Crippen molar-refractivity contribution in [3.8, 4) is 0 Å². The first kappa shape index (κ1) is 31.4. The Hall–Kier alpha value is -4.90. The van der Waals surface area contributed by atoms with Gasteiger partial charge in [-0.3, -0.25) is 19.2 Å². The summed E-state index contributed by atoms with van der Waals surface area (Å²) >= 11 is 0. The molecule has 4 aromatic carbocycles. The monoisotopic (exact) mass is 657 g/mol. The highest BCUT2D eigenvalue weighted by atomic mass is 16.5. The van der Waals surface area contributed by atoms with Crippen molar-refractivity contribution in [2.45, 2.75) is 64.0 Å². The Bertz CT molecular complexity index is 2080. The number of aryl methyl sites for hydroxylation is 1. The van der Waals surface area contributed by atoms with E-state index in [2.05, 4.69) is 10.3 Å². The van der Waals surface area contributed by atoms with Crippen LogP contribution in [0.25, 0.3) is 10.8 Å². The van der Waals surface area contributed by atoms with Gasteiger partial charge in [0, 0.05) is 54.2 Å². The van der Waals surface area contributed by atoms with E-state index < -0.39 is 29.1 Å². The molecular formula is C39H39N5O5. The molecule has 2 amide bonds. The highest BCUT2D eigenvalue weighted by Gasteiger charge is 2.65. The van der Waals surface area contributed by atoms with Crippen molar-refractivity contribution in [1.82, 2.24) is 15.0 Å². The number of fused-ring (bicyclic) bond motifs is 2. The average Bonchev–Trinajstić information content (AvgIpc) is 3.80. The fourth-order valence-electron chi connectivity index (χ4n) is 8.51. The molecule has 0 bridgehead atoms. The molecule has 49 heavy (non-hydrogen) atoms. The van der Waals surface area contributed by atoms with E-state index in [-0.39, 0.29) is 18.4 Å². The zero-order valence-electron chi connectivity index (χ0n) is 27.8. The second-order valence-corrected chi connectivity index (χ2v) is 14.0. The molecule has 1 aromatic heterocycles. The molecule has 4 heterocycles. The minimum Gasteiger partial charge on any atom is -0.396 e. The highest BCUT2D eigenvalue weighted by Crippen LogP contribution is 2.59. The minimum absolute atomic E-state index is 0.0154. The summed E-state index contributed by atoms with van der Waals surface area (Å²) in [7, 11) is 0. The molecule has 10 nitrogen and oxygen atoms in total. The molecule has 4 atom stereocenters. The van der Waals surface area contributed by atoms with E-state index in [9.17, 15) is 19.8 Å². The maximum atomic E-state index is 15.0. The van der Waals surface area contributed by atoms with Gasteiger partial charge in [-0.05, 0) is 61.5 Å². The summed E-state index contributed by atoms with van der Waals surface area (Å²) in [4.78, 5) is 32.5. The Morgan fingerprint density at radius 1 is 0.959 bits per heavy atom. The first-order chi connectivity index (χ1) is 23.6. The smallest absolute Gasteiger partial charge is 0.264 e. The van der Waals surface area contributed by atoms with Crippen LogP contribution in [0.15, 0.2) is 91.1 Å². The predicted molar refractivity (Wildman–Crippen MR) is 185 cm³/mol. The molecule has 1 fully saturated rings. The van der Waals surface area contributed by atoms with Gasteiger partial charge in [0.25, 0.3) is 11.8 Å². The molecule has 3 aliphatic rings. The Morgan fingerprint density at radius 2 is 1.73 bits per heavy atom. The number of carbonyl (C=O) groups is 2. The van der Waals surface area contributed by atoms with Crippen LogP contribution in [-0.2, 0) is 34.6 Å². The van der Waals surface area contributed by atoms with E-state index in [0.717, 1.165) is 27.7 Å². The number of amides is 2. The number of nitrogens with zero attached hydrogens (tertiary/aromatic N) is 5. The Labute approximate surface area is 284 Å². The standard InChI is InChI=1S/C39H39N5O5/c1-24-35(38(2,3)48)33(17-19-42-23-27(18-20-45)40-41-42)49-39(24)30-21-28(15-16-31(30)43(37(39)47)22-25-9-5-4-6-10-25)44-32-14-8-12-26-11-7-13-29(34(26)32)36(44)46/h4-16,21,23-24,33,35,45,48H,17-20,22H2,1-3H3/t24-,33+,35-,39+/m0/s1. The SMILES string of the molecule is C[C@H]1[C@H](C(C)(C)O)[C@@H](CCn2cc(CCO)nn2)O[C@]12C(=O)N(Cc1ccccc1)c1ccc(N3C(=O)c4cccc5cccc3c45)cc12. The van der Waals surface area contributed by atoms with Crippen LogP contribution in [0.4, 0.5) is 17.1 Å². The second-order valence-electron chi connectivity index (χ2n) is 14.0. The van der Waals surface area contributed by atoms with Crippen molar-refractivity contribution in [3.63, 3.8) is 0 Å². The molecule has 10 heteroatoms. The van der Waals surface area contributed by atoms with E-state index in [1.165, 1.54) is 0 Å². The molecule has 2 N–H and O–H groups in total. The lowest BCUT2D eigenvalue weighted by molar-refractivity contribution is -0.146. The third kappa shape index (κ3) is 4.88. The van der Waals surface area contributed by atoms with Gasteiger partial charge in [0.15, 0.2) is 5.60 Å². The first-order valence-corrected chi connectivity index (χ1v) is 16.9. The van der Waals surface area contributed by atoms with E-state index in [1.54, 1.807) is 34.5 Å². The number of benzene rings is 4.